The first-order valence-corrected chi connectivity index (χ1v) is 21.6. The summed E-state index contributed by atoms with van der Waals surface area (Å²) in [4.78, 5) is 42.8. The number of phosphoric acid groups is 1. The highest BCUT2D eigenvalue weighted by atomic mass is 31.2. The van der Waals surface area contributed by atoms with Gasteiger partial charge in [0.2, 0.25) is 0 Å². The van der Waals surface area contributed by atoms with Crippen molar-refractivity contribution in [3.05, 3.63) is 48.6 Å². The Hall–Kier alpha value is -2.07. The molecule has 0 amide bonds. The zero-order chi connectivity index (χ0) is 38.5. The second-order valence-electron chi connectivity index (χ2n) is 13.6. The van der Waals surface area contributed by atoms with Crippen LogP contribution in [-0.4, -0.2) is 63.5 Å². The average Bonchev–Trinajstić information content (AvgIpc) is 3.11. The number of hydrogen-bond acceptors (Lipinski definition) is 8. The number of rotatable bonds is 36. The fraction of sp³-hybridized carbons (Fsp3) is 0.756. The molecule has 10 nitrogen and oxygen atoms in total. The Morgan fingerprint density at radius 2 is 1.06 bits per heavy atom. The summed E-state index contributed by atoms with van der Waals surface area (Å²) in [7, 11) is -4.80. The minimum Gasteiger partial charge on any atom is -0.462 e. The van der Waals surface area contributed by atoms with Crippen LogP contribution in [0.3, 0.4) is 0 Å². The molecule has 0 bridgehead atoms. The van der Waals surface area contributed by atoms with Crippen molar-refractivity contribution in [2.24, 2.45) is 0 Å². The second-order valence-corrected chi connectivity index (χ2v) is 14.8. The van der Waals surface area contributed by atoms with Crippen molar-refractivity contribution in [2.45, 2.75) is 186 Å². The molecule has 0 aliphatic carbocycles. The van der Waals surface area contributed by atoms with Crippen LogP contribution in [0.2, 0.25) is 0 Å². The molecular formula is C41H73O10P. The summed E-state index contributed by atoms with van der Waals surface area (Å²) >= 11 is 0. The zero-order valence-corrected chi connectivity index (χ0v) is 33.3. The van der Waals surface area contributed by atoms with E-state index in [2.05, 4.69) is 60.9 Å². The van der Waals surface area contributed by atoms with Gasteiger partial charge >= 0.3 is 19.8 Å². The molecule has 0 saturated carbocycles. The van der Waals surface area contributed by atoms with Crippen molar-refractivity contribution in [3.63, 3.8) is 0 Å². The Morgan fingerprint density at radius 3 is 1.63 bits per heavy atom. The topological polar surface area (TPSA) is 160 Å². The molecule has 0 saturated heterocycles. The number of allylic oxidation sites excluding steroid dienone is 7. The van der Waals surface area contributed by atoms with Crippen LogP contribution in [0, 0.1) is 0 Å². The molecule has 0 aliphatic rings. The van der Waals surface area contributed by atoms with Crippen LogP contribution < -0.4 is 0 Å². The molecule has 0 aromatic rings. The van der Waals surface area contributed by atoms with E-state index in [0.29, 0.717) is 25.7 Å². The molecule has 0 unspecified atom stereocenters. The maximum atomic E-state index is 12.4. The van der Waals surface area contributed by atoms with Gasteiger partial charge in [0.05, 0.1) is 18.8 Å². The van der Waals surface area contributed by atoms with E-state index in [1.807, 2.05) is 6.08 Å². The van der Waals surface area contributed by atoms with Gasteiger partial charge in [-0.1, -0.05) is 127 Å². The maximum Gasteiger partial charge on any atom is 0.469 e. The van der Waals surface area contributed by atoms with E-state index in [-0.39, 0.29) is 19.4 Å². The first-order valence-electron chi connectivity index (χ1n) is 20.1. The van der Waals surface area contributed by atoms with Gasteiger partial charge in [0, 0.05) is 12.8 Å². The summed E-state index contributed by atoms with van der Waals surface area (Å²) < 4.78 is 26.3. The van der Waals surface area contributed by atoms with Gasteiger partial charge in [-0.25, -0.2) is 4.57 Å². The number of carbonyl (C=O) groups excluding carboxylic acids is 2. The lowest BCUT2D eigenvalue weighted by Gasteiger charge is -2.18. The Labute approximate surface area is 315 Å². The van der Waals surface area contributed by atoms with Crippen molar-refractivity contribution in [1.29, 1.82) is 0 Å². The molecular weight excluding hydrogens is 683 g/mol. The van der Waals surface area contributed by atoms with Gasteiger partial charge in [0.1, 0.15) is 6.61 Å². The molecule has 0 aromatic carbocycles. The Morgan fingerprint density at radius 1 is 0.577 bits per heavy atom. The summed E-state index contributed by atoms with van der Waals surface area (Å²) in [5.41, 5.74) is 0. The van der Waals surface area contributed by atoms with Crippen LogP contribution in [0.4, 0.5) is 0 Å². The van der Waals surface area contributed by atoms with Crippen molar-refractivity contribution in [1.82, 2.24) is 0 Å². The Bertz CT molecular complexity index is 1020. The number of ether oxygens (including phenoxy) is 2. The molecule has 0 heterocycles. The number of aliphatic hydroxyl groups excluding tert-OH is 2. The Kier molecular flexibility index (Phi) is 34.5. The van der Waals surface area contributed by atoms with Gasteiger partial charge in [-0.3, -0.25) is 14.1 Å². The summed E-state index contributed by atoms with van der Waals surface area (Å²) in [5, 5.41) is 20.3. The third kappa shape index (κ3) is 36.3. The quantitative estimate of drug-likeness (QED) is 0.0210. The molecule has 0 spiro atoms. The first-order chi connectivity index (χ1) is 25.1. The molecule has 0 rings (SSSR count). The van der Waals surface area contributed by atoms with E-state index < -0.39 is 44.7 Å². The number of carbonyl (C=O) groups is 2. The lowest BCUT2D eigenvalue weighted by Crippen LogP contribution is -2.29. The van der Waals surface area contributed by atoms with E-state index in [1.54, 1.807) is 0 Å². The molecule has 0 aliphatic heterocycles. The maximum absolute atomic E-state index is 12.4. The highest BCUT2D eigenvalue weighted by Gasteiger charge is 2.23. The predicted octanol–water partition coefficient (Wildman–Crippen LogP) is 9.90. The molecule has 0 aromatic heterocycles. The number of hydrogen-bond donors (Lipinski definition) is 4. The molecule has 52 heavy (non-hydrogen) atoms. The fourth-order valence-corrected chi connectivity index (χ4v) is 5.70. The zero-order valence-electron chi connectivity index (χ0n) is 32.4. The second kappa shape index (κ2) is 35.9. The van der Waals surface area contributed by atoms with Crippen LogP contribution in [0.5, 0.6) is 0 Å². The largest absolute Gasteiger partial charge is 0.469 e. The molecule has 0 fully saturated rings. The highest BCUT2D eigenvalue weighted by molar-refractivity contribution is 7.46. The third-order valence-corrected chi connectivity index (χ3v) is 9.01. The van der Waals surface area contributed by atoms with E-state index in [4.69, 9.17) is 19.3 Å². The highest BCUT2D eigenvalue weighted by Crippen LogP contribution is 2.36. The summed E-state index contributed by atoms with van der Waals surface area (Å²) in [6, 6.07) is 0. The summed E-state index contributed by atoms with van der Waals surface area (Å²) in [5.74, 6) is -1.02. The van der Waals surface area contributed by atoms with E-state index in [9.17, 15) is 24.4 Å². The van der Waals surface area contributed by atoms with Gasteiger partial charge in [0.15, 0.2) is 6.10 Å². The van der Waals surface area contributed by atoms with Gasteiger partial charge in [-0.2, -0.15) is 0 Å². The molecule has 0 radical (unpaired) electrons. The van der Waals surface area contributed by atoms with Gasteiger partial charge < -0.3 is 29.5 Å². The summed E-state index contributed by atoms with van der Waals surface area (Å²) in [6.07, 6.45) is 35.6. The van der Waals surface area contributed by atoms with E-state index in [1.165, 1.54) is 38.5 Å². The van der Waals surface area contributed by atoms with Gasteiger partial charge in [-0.05, 0) is 77.0 Å². The number of unbranched alkanes of at least 4 members (excludes halogenated alkanes) is 14. The minimum absolute atomic E-state index is 0.106. The van der Waals surface area contributed by atoms with Crippen molar-refractivity contribution >= 4 is 19.8 Å². The molecule has 4 N–H and O–H groups in total. The van der Waals surface area contributed by atoms with E-state index in [0.717, 1.165) is 77.0 Å². The smallest absolute Gasteiger partial charge is 0.462 e. The SMILES string of the molecule is CCCCC/C=C\C/C=C\C/C=C\CCCCCCC(=O)OC[C@H](COP(=O)(O)O)OC(=O)CCCCCCC[C@H](O)[C@@H](O)C/C=C\CCCCC. The van der Waals surface area contributed by atoms with E-state index >= 15 is 0 Å². The first kappa shape index (κ1) is 49.9. The lowest BCUT2D eigenvalue weighted by molar-refractivity contribution is -0.161. The van der Waals surface area contributed by atoms with Crippen LogP contribution >= 0.6 is 7.82 Å². The van der Waals surface area contributed by atoms with Gasteiger partial charge in [0.25, 0.3) is 0 Å². The van der Waals surface area contributed by atoms with Gasteiger partial charge in [-0.15, -0.1) is 0 Å². The third-order valence-electron chi connectivity index (χ3n) is 8.52. The molecule has 302 valence electrons. The minimum atomic E-state index is -4.80. The summed E-state index contributed by atoms with van der Waals surface area (Å²) in [6.45, 7) is 3.44. The standard InChI is InChI=1S/C41H73O10P/c1-3-5-7-9-11-12-13-14-15-16-17-18-19-20-21-25-29-33-40(44)49-35-37(36-50-52(46,47)48)51-41(45)34-30-26-22-24-28-32-39(43)38(42)31-27-23-10-8-6-4-2/h11-12,14-15,17-18,23,27,37-39,42-43H,3-10,13,16,19-22,24-26,28-36H2,1-2H3,(H2,46,47,48)/b12-11-,15-14-,18-17-,27-23-/t37-,38+,39+/m1/s1. The van der Waals surface area contributed by atoms with Crippen LogP contribution in [0.1, 0.15) is 168 Å². The lowest BCUT2D eigenvalue weighted by atomic mass is 10.0. The average molecular weight is 757 g/mol. The normalized spacial score (nSPS) is 14.2. The Balaban J connectivity index is 4.12. The van der Waals surface area contributed by atoms with Crippen LogP contribution in [0.15, 0.2) is 48.6 Å². The van der Waals surface area contributed by atoms with Crippen molar-refractivity contribution in [3.8, 4) is 0 Å². The number of esters is 2. The van der Waals surface area contributed by atoms with Crippen LogP contribution in [0.25, 0.3) is 0 Å². The monoisotopic (exact) mass is 756 g/mol. The molecule has 11 heteroatoms. The molecule has 3 atom stereocenters. The fourth-order valence-electron chi connectivity index (χ4n) is 5.34. The van der Waals surface area contributed by atoms with Crippen molar-refractivity contribution in [2.75, 3.05) is 13.2 Å². The van der Waals surface area contributed by atoms with Crippen LogP contribution in [-0.2, 0) is 28.2 Å². The number of phosphoric ester groups is 1. The predicted molar refractivity (Wildman–Crippen MR) is 210 cm³/mol. The number of aliphatic hydroxyl groups is 2. The van der Waals surface area contributed by atoms with Crippen molar-refractivity contribution < 1.29 is 48.2 Å².